The van der Waals surface area contributed by atoms with Crippen LogP contribution in [0.25, 0.3) is 0 Å². The lowest BCUT2D eigenvalue weighted by Crippen LogP contribution is -2.32. The van der Waals surface area contributed by atoms with E-state index in [1.807, 2.05) is 12.1 Å². The highest BCUT2D eigenvalue weighted by atomic mass is 79.9. The third kappa shape index (κ3) is 3.10. The monoisotopic (exact) mass is 342 g/mol. The normalized spacial score (nSPS) is 20.9. The average Bonchev–Trinajstić information content (AvgIpc) is 2.87. The molecule has 0 aromatic heterocycles. The van der Waals surface area contributed by atoms with E-state index in [2.05, 4.69) is 27.8 Å². The fourth-order valence-electron chi connectivity index (χ4n) is 2.85. The maximum Gasteiger partial charge on any atom is 0.161 e. The van der Waals surface area contributed by atoms with E-state index in [9.17, 15) is 0 Å². The number of hydrogen-bond acceptors (Lipinski definition) is 4. The molecule has 112 valence electrons. The Balaban J connectivity index is 2.34. The topological polar surface area (TPSA) is 47.7 Å². The summed E-state index contributed by atoms with van der Waals surface area (Å²) in [6.45, 7) is 5.09. The van der Waals surface area contributed by atoms with Gasteiger partial charge >= 0.3 is 0 Å². The second-order valence-corrected chi connectivity index (χ2v) is 6.22. The predicted octanol–water partition coefficient (Wildman–Crippen LogP) is 2.81. The van der Waals surface area contributed by atoms with E-state index in [0.29, 0.717) is 6.54 Å². The molecule has 1 fully saturated rings. The Morgan fingerprint density at radius 2 is 2.00 bits per heavy atom. The molecule has 0 saturated carbocycles. The van der Waals surface area contributed by atoms with Crippen molar-refractivity contribution >= 4 is 15.9 Å². The van der Waals surface area contributed by atoms with Gasteiger partial charge in [0.25, 0.3) is 0 Å². The molecule has 0 aliphatic carbocycles. The molecule has 0 bridgehead atoms. The molecule has 2 atom stereocenters. The Kier molecular flexibility index (Phi) is 5.29. The number of nitrogens with two attached hydrogens (primary N) is 1. The van der Waals surface area contributed by atoms with Crippen molar-refractivity contribution < 1.29 is 9.47 Å². The molecule has 2 unspecified atom stereocenters. The Hall–Kier alpha value is -0.780. The largest absolute Gasteiger partial charge is 0.493 e. The van der Waals surface area contributed by atoms with Gasteiger partial charge in [-0.1, -0.05) is 22.9 Å². The number of rotatable bonds is 5. The summed E-state index contributed by atoms with van der Waals surface area (Å²) in [5.74, 6) is 2.22. The lowest BCUT2D eigenvalue weighted by atomic mass is 10.0. The molecule has 2 rings (SSSR count). The zero-order valence-corrected chi connectivity index (χ0v) is 13.9. The van der Waals surface area contributed by atoms with E-state index in [1.54, 1.807) is 14.2 Å². The molecule has 4 nitrogen and oxygen atoms in total. The molecule has 5 heteroatoms. The van der Waals surface area contributed by atoms with Gasteiger partial charge in [-0.05, 0) is 36.6 Å². The zero-order chi connectivity index (χ0) is 14.7. The van der Waals surface area contributed by atoms with Crippen LogP contribution in [0, 0.1) is 5.92 Å². The zero-order valence-electron chi connectivity index (χ0n) is 12.4. The van der Waals surface area contributed by atoms with Crippen molar-refractivity contribution in [3.05, 3.63) is 22.2 Å². The molecule has 1 aromatic carbocycles. The SMILES string of the molecule is COc1cc(Br)c(C(CN)N2CCC(C)C2)cc1OC. The van der Waals surface area contributed by atoms with E-state index in [0.717, 1.165) is 35.0 Å². The van der Waals surface area contributed by atoms with E-state index in [1.165, 1.54) is 12.0 Å². The number of benzene rings is 1. The Labute approximate surface area is 129 Å². The van der Waals surface area contributed by atoms with Gasteiger partial charge in [0.1, 0.15) is 0 Å². The lowest BCUT2D eigenvalue weighted by molar-refractivity contribution is 0.242. The smallest absolute Gasteiger partial charge is 0.161 e. The quantitative estimate of drug-likeness (QED) is 0.893. The van der Waals surface area contributed by atoms with Crippen LogP contribution in [-0.4, -0.2) is 38.8 Å². The summed E-state index contributed by atoms with van der Waals surface area (Å²) >= 11 is 3.64. The minimum Gasteiger partial charge on any atom is -0.493 e. The van der Waals surface area contributed by atoms with Gasteiger partial charge in [-0.15, -0.1) is 0 Å². The van der Waals surface area contributed by atoms with Gasteiger partial charge in [0.2, 0.25) is 0 Å². The fraction of sp³-hybridized carbons (Fsp3) is 0.600. The molecule has 0 radical (unpaired) electrons. The molecule has 1 aliphatic heterocycles. The Morgan fingerprint density at radius 1 is 1.35 bits per heavy atom. The second-order valence-electron chi connectivity index (χ2n) is 5.37. The highest BCUT2D eigenvalue weighted by Crippen LogP contribution is 2.38. The highest BCUT2D eigenvalue weighted by molar-refractivity contribution is 9.10. The average molecular weight is 343 g/mol. The Bertz CT molecular complexity index is 467. The third-order valence-corrected chi connectivity index (χ3v) is 4.67. The summed E-state index contributed by atoms with van der Waals surface area (Å²) in [5, 5.41) is 0. The van der Waals surface area contributed by atoms with Gasteiger partial charge < -0.3 is 15.2 Å². The molecular formula is C15H23BrN2O2. The van der Waals surface area contributed by atoms with Crippen molar-refractivity contribution in [1.82, 2.24) is 4.90 Å². The second kappa shape index (κ2) is 6.78. The van der Waals surface area contributed by atoms with Gasteiger partial charge in [-0.2, -0.15) is 0 Å². The highest BCUT2D eigenvalue weighted by Gasteiger charge is 2.28. The molecule has 1 aromatic rings. The third-order valence-electron chi connectivity index (χ3n) is 3.98. The minimum absolute atomic E-state index is 0.217. The van der Waals surface area contributed by atoms with Gasteiger partial charge in [-0.25, -0.2) is 0 Å². The van der Waals surface area contributed by atoms with Crippen molar-refractivity contribution in [3.63, 3.8) is 0 Å². The number of ether oxygens (including phenoxy) is 2. The number of hydrogen-bond donors (Lipinski definition) is 1. The van der Waals surface area contributed by atoms with Gasteiger partial charge in [0.05, 0.1) is 14.2 Å². The van der Waals surface area contributed by atoms with Crippen molar-refractivity contribution in [2.24, 2.45) is 11.7 Å². The number of halogens is 1. The first-order valence-electron chi connectivity index (χ1n) is 6.96. The van der Waals surface area contributed by atoms with E-state index >= 15 is 0 Å². The molecule has 20 heavy (non-hydrogen) atoms. The molecule has 1 aliphatic rings. The molecule has 1 heterocycles. The molecule has 0 spiro atoms. The van der Waals surface area contributed by atoms with Crippen molar-refractivity contribution in [1.29, 1.82) is 0 Å². The van der Waals surface area contributed by atoms with Gasteiger partial charge in [-0.3, -0.25) is 4.90 Å². The molecule has 2 N–H and O–H groups in total. The summed E-state index contributed by atoms with van der Waals surface area (Å²) in [5.41, 5.74) is 7.19. The Morgan fingerprint density at radius 3 is 2.50 bits per heavy atom. The van der Waals surface area contributed by atoms with Crippen LogP contribution in [0.15, 0.2) is 16.6 Å². The van der Waals surface area contributed by atoms with Crippen LogP contribution in [0.4, 0.5) is 0 Å². The van der Waals surface area contributed by atoms with Crippen LogP contribution >= 0.6 is 15.9 Å². The molecule has 1 saturated heterocycles. The van der Waals surface area contributed by atoms with Crippen LogP contribution in [-0.2, 0) is 0 Å². The van der Waals surface area contributed by atoms with Crippen molar-refractivity contribution in [2.45, 2.75) is 19.4 Å². The number of methoxy groups -OCH3 is 2. The molecule has 0 amide bonds. The summed E-state index contributed by atoms with van der Waals surface area (Å²) in [6.07, 6.45) is 1.24. The first-order chi connectivity index (χ1) is 9.60. The lowest BCUT2D eigenvalue weighted by Gasteiger charge is -2.28. The molecular weight excluding hydrogens is 320 g/mol. The van der Waals surface area contributed by atoms with Crippen LogP contribution in [0.5, 0.6) is 11.5 Å². The summed E-state index contributed by atoms with van der Waals surface area (Å²) in [6, 6.07) is 4.20. The predicted molar refractivity (Wildman–Crippen MR) is 84.4 cm³/mol. The van der Waals surface area contributed by atoms with E-state index < -0.39 is 0 Å². The standard InChI is InChI=1S/C15H23BrN2O2/c1-10-4-5-18(9-10)13(8-17)11-6-14(19-2)15(20-3)7-12(11)16/h6-7,10,13H,4-5,8-9,17H2,1-3H3. The van der Waals surface area contributed by atoms with Crippen molar-refractivity contribution in [2.75, 3.05) is 33.9 Å². The summed E-state index contributed by atoms with van der Waals surface area (Å²) in [7, 11) is 3.30. The summed E-state index contributed by atoms with van der Waals surface area (Å²) in [4.78, 5) is 2.46. The minimum atomic E-state index is 0.217. The first-order valence-corrected chi connectivity index (χ1v) is 7.75. The fourth-order valence-corrected chi connectivity index (χ4v) is 3.44. The van der Waals surface area contributed by atoms with Gasteiger partial charge in [0, 0.05) is 23.6 Å². The first kappa shape index (κ1) is 15.6. The summed E-state index contributed by atoms with van der Waals surface area (Å²) < 4.78 is 11.8. The van der Waals surface area contributed by atoms with Crippen molar-refractivity contribution in [3.8, 4) is 11.5 Å². The van der Waals surface area contributed by atoms with Crippen LogP contribution in [0.2, 0.25) is 0 Å². The maximum atomic E-state index is 6.03. The number of nitrogens with zero attached hydrogens (tertiary/aromatic N) is 1. The van der Waals surface area contributed by atoms with Gasteiger partial charge in [0.15, 0.2) is 11.5 Å². The maximum absolute atomic E-state index is 6.03. The van der Waals surface area contributed by atoms with Crippen LogP contribution < -0.4 is 15.2 Å². The van der Waals surface area contributed by atoms with Crippen LogP contribution in [0.3, 0.4) is 0 Å². The van der Waals surface area contributed by atoms with E-state index in [-0.39, 0.29) is 6.04 Å². The van der Waals surface area contributed by atoms with E-state index in [4.69, 9.17) is 15.2 Å². The van der Waals surface area contributed by atoms with Crippen LogP contribution in [0.1, 0.15) is 24.9 Å². The number of likely N-dealkylation sites (tertiary alicyclic amines) is 1.